The molecule has 7 heteroatoms. The molecule has 0 fully saturated rings. The number of hydrogen-bond acceptors (Lipinski definition) is 6. The highest BCUT2D eigenvalue weighted by Gasteiger charge is 1.99. The maximum Gasteiger partial charge on any atom is 0.283 e. The summed E-state index contributed by atoms with van der Waals surface area (Å²) in [6.45, 7) is 2.75. The summed E-state index contributed by atoms with van der Waals surface area (Å²) >= 11 is 0. The number of tetrazole rings is 1. The Morgan fingerprint density at radius 1 is 1.44 bits per heavy atom. The molecule has 1 aromatic carbocycles. The van der Waals surface area contributed by atoms with Gasteiger partial charge in [-0.3, -0.25) is 0 Å². The highest BCUT2D eigenvalue weighted by atomic mass is 16.5. The van der Waals surface area contributed by atoms with Gasteiger partial charge in [-0.05, 0) is 23.8 Å². The Bertz CT molecular complexity index is 496. The molecule has 0 aliphatic heterocycles. The maximum atomic E-state index is 5.61. The van der Waals surface area contributed by atoms with E-state index in [-0.39, 0.29) is 0 Å². The molecule has 0 aliphatic carbocycles. The average Bonchev–Trinajstić information content (AvgIpc) is 2.91. The van der Waals surface area contributed by atoms with Crippen LogP contribution in [0.2, 0.25) is 0 Å². The molecule has 7 nitrogen and oxygen atoms in total. The summed E-state index contributed by atoms with van der Waals surface area (Å²) in [6, 6.07) is 7.68. The smallest absolute Gasteiger partial charge is 0.283 e. The number of hydrazone groups is 1. The van der Waals surface area contributed by atoms with Crippen LogP contribution in [-0.2, 0) is 0 Å². The summed E-state index contributed by atoms with van der Waals surface area (Å²) in [4.78, 5) is 0. The predicted molar refractivity (Wildman–Crippen MR) is 67.6 cm³/mol. The lowest BCUT2D eigenvalue weighted by molar-refractivity contribution is 0.317. The molecule has 2 N–H and O–H groups in total. The first-order valence-electron chi connectivity index (χ1n) is 5.64. The van der Waals surface area contributed by atoms with Crippen molar-refractivity contribution in [2.75, 3.05) is 12.0 Å². The Hall–Kier alpha value is -2.44. The number of hydrogen-bond donors (Lipinski definition) is 2. The lowest BCUT2D eigenvalue weighted by Gasteiger charge is -2.06. The minimum absolute atomic E-state index is 0.318. The SMILES string of the molecule is CCCOc1ccccc1/C=N\Nc1nn[nH]n1. The minimum Gasteiger partial charge on any atom is -0.493 e. The predicted octanol–water partition coefficient (Wildman–Crippen LogP) is 1.43. The highest BCUT2D eigenvalue weighted by molar-refractivity contribution is 5.83. The number of H-pyrrole nitrogens is 1. The van der Waals surface area contributed by atoms with Crippen LogP contribution < -0.4 is 10.2 Å². The van der Waals surface area contributed by atoms with Crippen LogP contribution in [0.25, 0.3) is 0 Å². The van der Waals surface area contributed by atoms with Crippen LogP contribution in [0.4, 0.5) is 5.95 Å². The van der Waals surface area contributed by atoms with Gasteiger partial charge in [0.15, 0.2) is 0 Å². The third-order valence-electron chi connectivity index (χ3n) is 2.09. The normalized spacial score (nSPS) is 10.7. The fourth-order valence-electron chi connectivity index (χ4n) is 1.30. The molecule has 0 unspecified atom stereocenters. The van der Waals surface area contributed by atoms with Gasteiger partial charge < -0.3 is 4.74 Å². The number of para-hydroxylation sites is 1. The molecule has 0 radical (unpaired) electrons. The van der Waals surface area contributed by atoms with Gasteiger partial charge in [0.2, 0.25) is 0 Å². The van der Waals surface area contributed by atoms with E-state index in [0.29, 0.717) is 12.6 Å². The van der Waals surface area contributed by atoms with Gasteiger partial charge in [0, 0.05) is 5.56 Å². The lowest BCUT2D eigenvalue weighted by atomic mass is 10.2. The Balaban J connectivity index is 2.01. The number of nitrogens with one attached hydrogen (secondary N) is 2. The molecular weight excluding hydrogens is 232 g/mol. The first-order chi connectivity index (χ1) is 8.90. The van der Waals surface area contributed by atoms with Gasteiger partial charge in [-0.25, -0.2) is 5.43 Å². The van der Waals surface area contributed by atoms with Crippen molar-refractivity contribution >= 4 is 12.2 Å². The third kappa shape index (κ3) is 3.27. The van der Waals surface area contributed by atoms with E-state index in [2.05, 4.69) is 38.1 Å². The van der Waals surface area contributed by atoms with Crippen molar-refractivity contribution in [2.24, 2.45) is 5.10 Å². The van der Waals surface area contributed by atoms with E-state index < -0.39 is 0 Å². The summed E-state index contributed by atoms with van der Waals surface area (Å²) < 4.78 is 5.61. The fraction of sp³-hybridized carbons (Fsp3) is 0.273. The molecule has 2 rings (SSSR count). The molecule has 18 heavy (non-hydrogen) atoms. The number of rotatable bonds is 6. The van der Waals surface area contributed by atoms with E-state index in [4.69, 9.17) is 4.74 Å². The van der Waals surface area contributed by atoms with Crippen LogP contribution in [0.3, 0.4) is 0 Å². The average molecular weight is 246 g/mol. The quantitative estimate of drug-likeness (QED) is 0.594. The van der Waals surface area contributed by atoms with E-state index in [1.54, 1.807) is 6.21 Å². The molecule has 2 aromatic rings. The summed E-state index contributed by atoms with van der Waals surface area (Å²) in [6.07, 6.45) is 2.62. The number of aromatic amines is 1. The molecule has 1 heterocycles. The molecule has 0 amide bonds. The zero-order valence-electron chi connectivity index (χ0n) is 10.00. The van der Waals surface area contributed by atoms with Crippen molar-refractivity contribution in [2.45, 2.75) is 13.3 Å². The molecule has 94 valence electrons. The molecule has 0 saturated heterocycles. The summed E-state index contributed by atoms with van der Waals surface area (Å²) in [5.41, 5.74) is 3.55. The zero-order valence-corrected chi connectivity index (χ0v) is 10.00. The van der Waals surface area contributed by atoms with Gasteiger partial charge in [-0.2, -0.15) is 10.3 Å². The van der Waals surface area contributed by atoms with Crippen molar-refractivity contribution in [3.8, 4) is 5.75 Å². The van der Waals surface area contributed by atoms with Crippen molar-refractivity contribution in [1.29, 1.82) is 0 Å². The second-order valence-electron chi connectivity index (χ2n) is 3.49. The molecule has 0 atom stereocenters. The van der Waals surface area contributed by atoms with E-state index in [1.807, 2.05) is 24.3 Å². The van der Waals surface area contributed by atoms with Crippen molar-refractivity contribution < 1.29 is 4.74 Å². The third-order valence-corrected chi connectivity index (χ3v) is 2.09. The molecule has 0 aliphatic rings. The first kappa shape index (κ1) is 12.0. The van der Waals surface area contributed by atoms with Crippen LogP contribution in [-0.4, -0.2) is 33.4 Å². The summed E-state index contributed by atoms with van der Waals surface area (Å²) in [5.74, 6) is 1.12. The van der Waals surface area contributed by atoms with Gasteiger partial charge in [0.05, 0.1) is 12.8 Å². The van der Waals surface area contributed by atoms with Gasteiger partial charge in [-0.15, -0.1) is 5.10 Å². The Labute approximate surface area is 104 Å². The van der Waals surface area contributed by atoms with Crippen LogP contribution in [0, 0.1) is 0 Å². The Kier molecular flexibility index (Phi) is 4.23. The first-order valence-corrected chi connectivity index (χ1v) is 5.64. The number of ether oxygens (including phenoxy) is 1. The molecule has 1 aromatic heterocycles. The number of benzene rings is 1. The molecule has 0 saturated carbocycles. The van der Waals surface area contributed by atoms with Gasteiger partial charge in [0.1, 0.15) is 5.75 Å². The Morgan fingerprint density at radius 3 is 3.11 bits per heavy atom. The maximum absolute atomic E-state index is 5.61. The van der Waals surface area contributed by atoms with E-state index in [9.17, 15) is 0 Å². The standard InChI is InChI=1S/C11H14N6O/c1-2-7-18-10-6-4-3-5-9(10)8-12-13-11-14-16-17-15-11/h3-6,8H,2,7H2,1H3,(H2,13,14,15,16,17)/b12-8-. The molecular formula is C11H14N6O. The van der Waals surface area contributed by atoms with Crippen LogP contribution >= 0.6 is 0 Å². The van der Waals surface area contributed by atoms with Crippen LogP contribution in [0.5, 0.6) is 5.75 Å². The van der Waals surface area contributed by atoms with E-state index in [1.165, 1.54) is 0 Å². The summed E-state index contributed by atoms with van der Waals surface area (Å²) in [7, 11) is 0. The zero-order chi connectivity index (χ0) is 12.6. The fourth-order valence-corrected chi connectivity index (χ4v) is 1.30. The number of anilines is 1. The van der Waals surface area contributed by atoms with E-state index >= 15 is 0 Å². The second kappa shape index (κ2) is 6.33. The van der Waals surface area contributed by atoms with Gasteiger partial charge >= 0.3 is 0 Å². The van der Waals surface area contributed by atoms with Crippen molar-refractivity contribution in [1.82, 2.24) is 20.6 Å². The second-order valence-corrected chi connectivity index (χ2v) is 3.49. The van der Waals surface area contributed by atoms with Crippen LogP contribution in [0.1, 0.15) is 18.9 Å². The van der Waals surface area contributed by atoms with Crippen LogP contribution in [0.15, 0.2) is 29.4 Å². The van der Waals surface area contributed by atoms with Gasteiger partial charge in [-0.1, -0.05) is 24.2 Å². The molecule has 0 bridgehead atoms. The van der Waals surface area contributed by atoms with Crippen molar-refractivity contribution in [3.63, 3.8) is 0 Å². The highest BCUT2D eigenvalue weighted by Crippen LogP contribution is 2.15. The van der Waals surface area contributed by atoms with Crippen molar-refractivity contribution in [3.05, 3.63) is 29.8 Å². The summed E-state index contributed by atoms with van der Waals surface area (Å²) in [5, 5.41) is 17.2. The lowest BCUT2D eigenvalue weighted by Crippen LogP contribution is -1.99. The number of aromatic nitrogens is 4. The molecule has 0 spiro atoms. The topological polar surface area (TPSA) is 88.1 Å². The Morgan fingerprint density at radius 2 is 2.33 bits per heavy atom. The minimum atomic E-state index is 0.318. The number of nitrogens with zero attached hydrogens (tertiary/aromatic N) is 4. The van der Waals surface area contributed by atoms with E-state index in [0.717, 1.165) is 17.7 Å². The largest absolute Gasteiger partial charge is 0.493 e. The van der Waals surface area contributed by atoms with Gasteiger partial charge in [0.25, 0.3) is 5.95 Å². The monoisotopic (exact) mass is 246 g/mol.